The Labute approximate surface area is 654 Å². The number of aryl methyl sites for hydroxylation is 1. The average molecular weight is 1680 g/mol. The van der Waals surface area contributed by atoms with Crippen LogP contribution in [0.5, 0.6) is 0 Å². The van der Waals surface area contributed by atoms with E-state index < -0.39 is 76.2 Å². The maximum absolute atomic E-state index is 13.5. The lowest BCUT2D eigenvalue weighted by Crippen LogP contribution is -2.07. The first-order chi connectivity index (χ1) is 50.3. The monoisotopic (exact) mass is 1680 g/mol. The van der Waals surface area contributed by atoms with Crippen LogP contribution in [-0.2, 0) is 21.1 Å². The third-order valence-corrected chi connectivity index (χ3v) is 21.0. The number of hydrogen-bond donors (Lipinski definition) is 6. The highest BCUT2D eigenvalue weighted by molar-refractivity contribution is 8.00. The van der Waals surface area contributed by atoms with Gasteiger partial charge < -0.3 is 30.6 Å². The summed E-state index contributed by atoms with van der Waals surface area (Å²) >= 11 is 41.7. The molecule has 106 heavy (non-hydrogen) atoms. The molecule has 550 valence electrons. The van der Waals surface area contributed by atoms with E-state index in [9.17, 15) is 55.5 Å². The highest BCUT2D eigenvalue weighted by Gasteiger charge is 2.27. The average Bonchev–Trinajstić information content (AvgIpc) is 0.827. The van der Waals surface area contributed by atoms with Gasteiger partial charge in [0.25, 0.3) is 0 Å². The van der Waals surface area contributed by atoms with Crippen LogP contribution in [0.3, 0.4) is 0 Å². The van der Waals surface area contributed by atoms with E-state index in [1.54, 1.807) is 105 Å². The fourth-order valence-electron chi connectivity index (χ4n) is 7.61. The third kappa shape index (κ3) is 27.5. The second-order valence-electron chi connectivity index (χ2n) is 19.8. The van der Waals surface area contributed by atoms with E-state index in [2.05, 4.69) is 29.9 Å². The van der Waals surface area contributed by atoms with Gasteiger partial charge >= 0.3 is 35.8 Å². The Morgan fingerprint density at radius 1 is 0.443 bits per heavy atom. The van der Waals surface area contributed by atoms with Gasteiger partial charge in [0.15, 0.2) is 29.1 Å². The number of thioether (sulfide) groups is 5. The topological polar surface area (TPSA) is 342 Å². The number of aromatic carboxylic acids is 4. The molecule has 6 heterocycles. The number of rotatable bonds is 22. The first kappa shape index (κ1) is 87.9. The molecular weight excluding hydrogens is 1630 g/mol. The Balaban J connectivity index is 0.000000230. The number of aromatic nitrogens is 6. The van der Waals surface area contributed by atoms with Gasteiger partial charge in [0.1, 0.15) is 36.4 Å². The molecule has 4 aromatic carbocycles. The molecule has 0 spiro atoms. The van der Waals surface area contributed by atoms with Gasteiger partial charge in [-0.3, -0.25) is 14.4 Å². The molecule has 0 aliphatic rings. The van der Waals surface area contributed by atoms with E-state index >= 15 is 0 Å². The van der Waals surface area contributed by atoms with Gasteiger partial charge in [0, 0.05) is 78.5 Å². The molecule has 0 aliphatic heterocycles. The Morgan fingerprint density at radius 2 is 0.868 bits per heavy atom. The normalized spacial score (nSPS) is 10.3. The van der Waals surface area contributed by atoms with Crippen molar-refractivity contribution in [2.45, 2.75) is 60.3 Å². The van der Waals surface area contributed by atoms with Crippen LogP contribution < -0.4 is 0 Å². The van der Waals surface area contributed by atoms with Gasteiger partial charge in [-0.2, -0.15) is 5.26 Å². The van der Waals surface area contributed by atoms with Crippen molar-refractivity contribution >= 4 is 182 Å². The number of nitrogens with zero attached hydrogens (tertiary/aromatic N) is 7. The summed E-state index contributed by atoms with van der Waals surface area (Å²) in [7, 11) is 0. The van der Waals surface area contributed by atoms with Crippen LogP contribution in [0.25, 0.3) is 0 Å². The van der Waals surface area contributed by atoms with Crippen LogP contribution in [0.2, 0.25) is 30.3 Å². The first-order valence-corrected chi connectivity index (χ1v) is 37.0. The van der Waals surface area contributed by atoms with Crippen LogP contribution >= 0.6 is 140 Å². The molecule has 0 amide bonds. The minimum Gasteiger partial charge on any atom is -0.481 e. The minimum atomic E-state index is -2.24. The summed E-state index contributed by atoms with van der Waals surface area (Å²) in [6.45, 7) is 3.45. The van der Waals surface area contributed by atoms with E-state index in [0.717, 1.165) is 45.7 Å². The lowest BCUT2D eigenvalue weighted by molar-refractivity contribution is -0.134. The van der Waals surface area contributed by atoms with Crippen molar-refractivity contribution in [2.24, 2.45) is 0 Å². The summed E-state index contributed by atoms with van der Waals surface area (Å²) in [5, 5.41) is 66.6. The summed E-state index contributed by atoms with van der Waals surface area (Å²) in [6, 6.07) is 36.3. The van der Waals surface area contributed by atoms with E-state index in [4.69, 9.17) is 106 Å². The molecular formula is C69H48Cl6F5N7O13S6. The Kier molecular flexibility index (Phi) is 36.8. The highest BCUT2D eigenvalue weighted by atomic mass is 35.5. The number of carboxylic acid groups (broad SMARTS) is 6. The molecule has 20 nitrogen and oxygen atoms in total. The van der Waals surface area contributed by atoms with Gasteiger partial charge in [-0.1, -0.05) is 123 Å². The number of carbonyl (C=O) groups excluding carboxylic acids is 1. The first-order valence-electron chi connectivity index (χ1n) is 29.0. The Hall–Kier alpha value is -8.75. The number of nitriles is 1. The van der Waals surface area contributed by atoms with Crippen molar-refractivity contribution in [1.29, 1.82) is 5.26 Å². The van der Waals surface area contributed by atoms with Crippen LogP contribution in [0.1, 0.15) is 79.7 Å². The highest BCUT2D eigenvalue weighted by Crippen LogP contribution is 2.36. The van der Waals surface area contributed by atoms with Gasteiger partial charge in [-0.15, -0.1) is 35.3 Å². The molecule has 0 saturated carbocycles. The summed E-state index contributed by atoms with van der Waals surface area (Å²) in [4.78, 5) is 102. The number of halogens is 11. The summed E-state index contributed by atoms with van der Waals surface area (Å²) in [6.07, 6.45) is 7.44. The van der Waals surface area contributed by atoms with Gasteiger partial charge in [-0.05, 0) is 134 Å². The van der Waals surface area contributed by atoms with E-state index in [-0.39, 0.29) is 50.3 Å². The number of ketones is 1. The number of carboxylic acids is 6. The molecule has 10 aromatic rings. The lowest BCUT2D eigenvalue weighted by atomic mass is 10.1. The van der Waals surface area contributed by atoms with E-state index in [1.165, 1.54) is 66.2 Å². The van der Waals surface area contributed by atoms with Gasteiger partial charge in [0.05, 0.1) is 60.8 Å². The lowest BCUT2D eigenvalue weighted by Gasteiger charge is -2.08. The smallest absolute Gasteiger partial charge is 0.338 e. The van der Waals surface area contributed by atoms with Crippen molar-refractivity contribution < 1.29 is 86.2 Å². The van der Waals surface area contributed by atoms with Crippen molar-refractivity contribution in [3.8, 4) is 6.07 Å². The zero-order chi connectivity index (χ0) is 78.3. The zero-order valence-electron chi connectivity index (χ0n) is 53.8. The number of hydrogen-bond acceptors (Lipinski definition) is 20. The molecule has 0 aliphatic carbocycles. The van der Waals surface area contributed by atoms with Gasteiger partial charge in [-0.25, -0.2) is 71.0 Å². The summed E-state index contributed by atoms with van der Waals surface area (Å²) < 4.78 is 66.0. The standard InChI is InChI=1S/C14H10ClNO3S.C13H9Cl2NO2S.C13H6F5NO2S.C12H8ClNO2S.C10H9ClN2O2S.C7H6ClNO2S/c15-10-5-3-9(4-6-10)12(17)8-20-13-11(14(18)19)2-1-7-16-13;14-9-4-3-8(11(15)6-9)7-19-12-10(13(17)18)2-1-5-16-12;14-7-6(8(15)10(17)11(18)9(7)16)4-22-12-5(13(20)21)2-1-3-19-12;13-9-5-1-2-6-10(9)17-11-8(12(15)16)4-3-7-14-11;1-5-7(3-12)10(16-4-8(14)15)13-6(2)9(5)11;8-7-5(2-1-3-9-7)12-4-6(10)11/h1-7H,8H2,(H,18,19);1-6H,7H2,(H,17,18);1-3H,4H2,(H,20,21);1-7H,(H,15,16);4H2,1-2H3,(H,14,15);1-3H,4H2,(H,10,11). The largest absolute Gasteiger partial charge is 0.481 e. The molecule has 0 fully saturated rings. The molecule has 0 bridgehead atoms. The van der Waals surface area contributed by atoms with Crippen LogP contribution in [0.15, 0.2) is 193 Å². The van der Waals surface area contributed by atoms with Crippen molar-refractivity contribution in [2.75, 3.05) is 17.3 Å². The molecule has 0 radical (unpaired) electrons. The predicted molar refractivity (Wildman–Crippen MR) is 398 cm³/mol. The number of Topliss-reactive ketones (excluding diaryl/α,β-unsaturated/α-hetero) is 1. The fourth-order valence-corrected chi connectivity index (χ4v) is 14.1. The maximum Gasteiger partial charge on any atom is 0.338 e. The molecule has 6 aromatic heterocycles. The zero-order valence-corrected chi connectivity index (χ0v) is 63.3. The molecule has 0 atom stereocenters. The number of benzene rings is 4. The predicted octanol–water partition coefficient (Wildman–Crippen LogP) is 19.5. The second-order valence-corrected chi connectivity index (χ2v) is 28.2. The molecule has 10 rings (SSSR count). The summed E-state index contributed by atoms with van der Waals surface area (Å²) in [5.41, 5.74) is 2.21. The number of aliphatic carboxylic acids is 2. The molecule has 0 saturated heterocycles. The second kappa shape index (κ2) is 44.4. The maximum atomic E-state index is 13.5. The van der Waals surface area contributed by atoms with E-state index in [1.807, 2.05) is 30.3 Å². The third-order valence-electron chi connectivity index (χ3n) is 12.6. The quantitative estimate of drug-likeness (QED) is 0.00916. The van der Waals surface area contributed by atoms with Crippen LogP contribution in [-0.4, -0.2) is 119 Å². The van der Waals surface area contributed by atoms with Crippen molar-refractivity contribution in [1.82, 2.24) is 29.9 Å². The molecule has 0 unspecified atom stereocenters. The van der Waals surface area contributed by atoms with Crippen molar-refractivity contribution in [3.05, 3.63) is 273 Å². The Morgan fingerprint density at radius 3 is 1.35 bits per heavy atom. The molecule has 6 N–H and O–H groups in total. The van der Waals surface area contributed by atoms with Crippen molar-refractivity contribution in [3.63, 3.8) is 0 Å². The number of pyridine rings is 6. The molecule has 37 heteroatoms. The summed E-state index contributed by atoms with van der Waals surface area (Å²) in [5.74, 6) is -16.6. The van der Waals surface area contributed by atoms with Gasteiger partial charge in [0.2, 0.25) is 5.82 Å². The fraction of sp³-hybridized carbons (Fsp3) is 0.101. The Bertz CT molecular complexity index is 4870. The van der Waals surface area contributed by atoms with Crippen LogP contribution in [0, 0.1) is 54.3 Å². The van der Waals surface area contributed by atoms with Crippen LogP contribution in [0.4, 0.5) is 22.0 Å². The van der Waals surface area contributed by atoms with E-state index in [0.29, 0.717) is 95.2 Å². The minimum absolute atomic E-state index is 0.00537. The SMILES string of the molecule is Cc1nc(SCC(=O)O)c(C#N)c(C)c1Cl.O=C(CSc1ncccc1C(=O)O)c1ccc(Cl)cc1.O=C(O)CSc1cccnc1Cl.O=C(O)c1cccnc1SCc1c(F)c(F)c(F)c(F)c1F.O=C(O)c1cccnc1SCc1ccc(Cl)cc1Cl.O=C(O)c1cccnc1Sc1ccccc1Cl. The number of carbonyl (C=O) groups is 7.